The highest BCUT2D eigenvalue weighted by atomic mass is 16.5. The SMILES string of the molecule is COc1ccc(N2CN(C)CC2c2cc(OC)c(OC)c(OC)c2)cc1O. The molecule has 1 atom stereocenters. The fourth-order valence-corrected chi connectivity index (χ4v) is 3.51. The molecule has 1 aliphatic heterocycles. The Morgan fingerprint density at radius 3 is 2.04 bits per heavy atom. The summed E-state index contributed by atoms with van der Waals surface area (Å²) < 4.78 is 21.6. The maximum Gasteiger partial charge on any atom is 0.203 e. The molecule has 1 fully saturated rings. The van der Waals surface area contributed by atoms with Crippen LogP contribution in [0, 0.1) is 0 Å². The lowest BCUT2D eigenvalue weighted by Gasteiger charge is -2.27. The molecule has 0 saturated carbocycles. The van der Waals surface area contributed by atoms with E-state index in [9.17, 15) is 5.11 Å². The van der Waals surface area contributed by atoms with Crippen LogP contribution in [0.4, 0.5) is 5.69 Å². The first-order valence-corrected chi connectivity index (χ1v) is 8.64. The number of likely N-dealkylation sites (N-methyl/N-ethyl adjacent to an activating group) is 1. The van der Waals surface area contributed by atoms with Crippen LogP contribution in [-0.4, -0.2) is 58.7 Å². The predicted molar refractivity (Wildman–Crippen MR) is 103 cm³/mol. The maximum absolute atomic E-state index is 10.2. The number of methoxy groups -OCH3 is 4. The molecule has 7 nitrogen and oxygen atoms in total. The number of hydrogen-bond acceptors (Lipinski definition) is 7. The zero-order chi connectivity index (χ0) is 19.6. The molecule has 27 heavy (non-hydrogen) atoms. The second kappa shape index (κ2) is 7.84. The van der Waals surface area contributed by atoms with Crippen molar-refractivity contribution in [2.24, 2.45) is 0 Å². The van der Waals surface area contributed by atoms with Crippen molar-refractivity contribution in [2.75, 3.05) is 53.6 Å². The number of anilines is 1. The number of phenolic OH excluding ortho intramolecular Hbond substituents is 1. The minimum absolute atomic E-state index is 0.0662. The maximum atomic E-state index is 10.2. The molecule has 0 radical (unpaired) electrons. The van der Waals surface area contributed by atoms with Crippen LogP contribution in [0.2, 0.25) is 0 Å². The Morgan fingerprint density at radius 2 is 1.52 bits per heavy atom. The Kier molecular flexibility index (Phi) is 5.51. The van der Waals surface area contributed by atoms with E-state index in [2.05, 4.69) is 16.8 Å². The quantitative estimate of drug-likeness (QED) is 0.834. The van der Waals surface area contributed by atoms with Crippen molar-refractivity contribution in [3.63, 3.8) is 0 Å². The molecule has 0 bridgehead atoms. The zero-order valence-corrected chi connectivity index (χ0v) is 16.4. The zero-order valence-electron chi connectivity index (χ0n) is 16.4. The molecule has 3 rings (SSSR count). The lowest BCUT2D eigenvalue weighted by Crippen LogP contribution is -2.25. The summed E-state index contributed by atoms with van der Waals surface area (Å²) in [7, 11) is 8.42. The van der Waals surface area contributed by atoms with Gasteiger partial charge in [0.05, 0.1) is 41.1 Å². The van der Waals surface area contributed by atoms with Crippen molar-refractivity contribution < 1.29 is 24.1 Å². The van der Waals surface area contributed by atoms with E-state index < -0.39 is 0 Å². The summed E-state index contributed by atoms with van der Waals surface area (Å²) in [6, 6.07) is 9.46. The molecule has 1 N–H and O–H groups in total. The Morgan fingerprint density at radius 1 is 0.889 bits per heavy atom. The highest BCUT2D eigenvalue weighted by molar-refractivity contribution is 5.60. The summed E-state index contributed by atoms with van der Waals surface area (Å²) in [4.78, 5) is 4.44. The molecule has 7 heteroatoms. The molecule has 0 aliphatic carbocycles. The second-order valence-electron chi connectivity index (χ2n) is 6.48. The molecule has 2 aromatic carbocycles. The minimum Gasteiger partial charge on any atom is -0.504 e. The van der Waals surface area contributed by atoms with Crippen molar-refractivity contribution in [3.8, 4) is 28.7 Å². The van der Waals surface area contributed by atoms with Gasteiger partial charge in [0.25, 0.3) is 0 Å². The van der Waals surface area contributed by atoms with Crippen molar-refractivity contribution in [2.45, 2.75) is 6.04 Å². The van der Waals surface area contributed by atoms with E-state index in [1.807, 2.05) is 18.2 Å². The summed E-state index contributed by atoms with van der Waals surface area (Å²) in [5, 5.41) is 10.2. The van der Waals surface area contributed by atoms with E-state index in [-0.39, 0.29) is 11.8 Å². The lowest BCUT2D eigenvalue weighted by molar-refractivity contribution is 0.323. The van der Waals surface area contributed by atoms with Crippen molar-refractivity contribution in [1.29, 1.82) is 0 Å². The van der Waals surface area contributed by atoms with Gasteiger partial charge in [0.2, 0.25) is 5.75 Å². The van der Waals surface area contributed by atoms with Gasteiger partial charge >= 0.3 is 0 Å². The number of benzene rings is 2. The first-order valence-electron chi connectivity index (χ1n) is 8.64. The Hall–Kier alpha value is -2.80. The van der Waals surface area contributed by atoms with Gasteiger partial charge in [0.15, 0.2) is 23.0 Å². The Bertz CT molecular complexity index is 786. The molecule has 0 amide bonds. The van der Waals surface area contributed by atoms with Gasteiger partial charge in [-0.25, -0.2) is 0 Å². The first-order chi connectivity index (χ1) is 13.0. The molecule has 0 aromatic heterocycles. The topological polar surface area (TPSA) is 63.6 Å². The molecule has 1 saturated heterocycles. The summed E-state index contributed by atoms with van der Waals surface area (Å²) >= 11 is 0. The fraction of sp³-hybridized carbons (Fsp3) is 0.400. The van der Waals surface area contributed by atoms with Crippen molar-refractivity contribution in [1.82, 2.24) is 4.90 Å². The molecular formula is C20H26N2O5. The summed E-state index contributed by atoms with van der Waals surface area (Å²) in [5.74, 6) is 2.39. The van der Waals surface area contributed by atoms with Gasteiger partial charge in [-0.1, -0.05) is 0 Å². The lowest BCUT2D eigenvalue weighted by atomic mass is 10.0. The Labute approximate surface area is 159 Å². The van der Waals surface area contributed by atoms with E-state index in [0.717, 1.165) is 24.5 Å². The van der Waals surface area contributed by atoms with Gasteiger partial charge in [0, 0.05) is 18.3 Å². The second-order valence-corrected chi connectivity index (χ2v) is 6.48. The van der Waals surface area contributed by atoms with Crippen LogP contribution in [0.1, 0.15) is 11.6 Å². The third kappa shape index (κ3) is 3.55. The van der Waals surface area contributed by atoms with Gasteiger partial charge in [0.1, 0.15) is 0 Å². The highest BCUT2D eigenvalue weighted by Gasteiger charge is 2.32. The van der Waals surface area contributed by atoms with Crippen LogP contribution >= 0.6 is 0 Å². The van der Waals surface area contributed by atoms with E-state index in [0.29, 0.717) is 23.0 Å². The van der Waals surface area contributed by atoms with Gasteiger partial charge in [-0.15, -0.1) is 0 Å². The summed E-state index contributed by atoms with van der Waals surface area (Å²) in [6.07, 6.45) is 0. The highest BCUT2D eigenvalue weighted by Crippen LogP contribution is 2.43. The van der Waals surface area contributed by atoms with Crippen molar-refractivity contribution in [3.05, 3.63) is 35.9 Å². The number of nitrogens with zero attached hydrogens (tertiary/aromatic N) is 2. The first kappa shape index (κ1) is 19.0. The molecule has 1 heterocycles. The monoisotopic (exact) mass is 374 g/mol. The standard InChI is InChI=1S/C20H26N2O5/c1-21-11-15(13-8-18(25-3)20(27-5)19(9-13)26-4)22(12-21)14-6-7-17(24-2)16(23)10-14/h6-10,15,23H,11-12H2,1-5H3. The molecule has 2 aromatic rings. The molecular weight excluding hydrogens is 348 g/mol. The van der Waals surface area contributed by atoms with Gasteiger partial charge in [-0.2, -0.15) is 0 Å². The van der Waals surface area contributed by atoms with Crippen LogP contribution in [0.5, 0.6) is 28.7 Å². The number of ether oxygens (including phenoxy) is 4. The number of hydrogen-bond donors (Lipinski definition) is 1. The van der Waals surface area contributed by atoms with Crippen LogP contribution in [0.3, 0.4) is 0 Å². The molecule has 1 aliphatic rings. The predicted octanol–water partition coefficient (Wildman–Crippen LogP) is 2.88. The number of phenols is 1. The molecule has 146 valence electrons. The van der Waals surface area contributed by atoms with Gasteiger partial charge < -0.3 is 29.0 Å². The number of aromatic hydroxyl groups is 1. The summed E-state index contributed by atoms with van der Waals surface area (Å²) in [6.45, 7) is 1.55. The third-order valence-corrected chi connectivity index (χ3v) is 4.82. The van der Waals surface area contributed by atoms with Crippen LogP contribution in [0.25, 0.3) is 0 Å². The summed E-state index contributed by atoms with van der Waals surface area (Å²) in [5.41, 5.74) is 1.96. The van der Waals surface area contributed by atoms with E-state index in [1.54, 1.807) is 33.5 Å². The fourth-order valence-electron chi connectivity index (χ4n) is 3.51. The Balaban J connectivity index is 2.03. The largest absolute Gasteiger partial charge is 0.504 e. The average Bonchev–Trinajstić information content (AvgIpc) is 3.08. The average molecular weight is 374 g/mol. The van der Waals surface area contributed by atoms with Crippen LogP contribution < -0.4 is 23.8 Å². The van der Waals surface area contributed by atoms with E-state index in [4.69, 9.17) is 18.9 Å². The van der Waals surface area contributed by atoms with E-state index in [1.165, 1.54) is 7.11 Å². The smallest absolute Gasteiger partial charge is 0.203 e. The van der Waals surface area contributed by atoms with Gasteiger partial charge in [-0.3, -0.25) is 4.90 Å². The normalized spacial score (nSPS) is 17.1. The molecule has 1 unspecified atom stereocenters. The van der Waals surface area contributed by atoms with Crippen LogP contribution in [0.15, 0.2) is 30.3 Å². The van der Waals surface area contributed by atoms with Crippen LogP contribution in [-0.2, 0) is 0 Å². The third-order valence-electron chi connectivity index (χ3n) is 4.82. The van der Waals surface area contributed by atoms with E-state index >= 15 is 0 Å². The minimum atomic E-state index is 0.0662. The molecule has 0 spiro atoms. The van der Waals surface area contributed by atoms with Gasteiger partial charge in [-0.05, 0) is 36.9 Å². The number of rotatable bonds is 6. The van der Waals surface area contributed by atoms with Crippen molar-refractivity contribution >= 4 is 5.69 Å².